The van der Waals surface area contributed by atoms with Gasteiger partial charge in [0.05, 0.1) is 32.0 Å². The van der Waals surface area contributed by atoms with Crippen molar-refractivity contribution < 1.29 is 56.6 Å². The van der Waals surface area contributed by atoms with Gasteiger partial charge >= 0.3 is 12.2 Å². The number of nitrogens with one attached hydrogen (secondary N) is 1. The number of rotatable bonds is 18. The molecular formula is C54H66N4O12Si. The van der Waals surface area contributed by atoms with Gasteiger partial charge in [0, 0.05) is 22.3 Å². The molecule has 3 heterocycles. The summed E-state index contributed by atoms with van der Waals surface area (Å²) in [6, 6.07) is 33.3. The molecule has 1 N–H and O–H groups in total. The van der Waals surface area contributed by atoms with Crippen molar-refractivity contribution >= 4 is 20.6 Å². The minimum atomic E-state index is -2.76. The quantitative estimate of drug-likeness (QED) is 0.0249. The number of benzene rings is 4. The summed E-state index contributed by atoms with van der Waals surface area (Å²) in [6.45, 7) is 18.3. The van der Waals surface area contributed by atoms with E-state index < -0.39 is 88.0 Å². The summed E-state index contributed by atoms with van der Waals surface area (Å²) in [6.07, 6.45) is -7.84. The maximum atomic E-state index is 14.2. The number of ether oxygens (including phenoxy) is 9. The zero-order chi connectivity index (χ0) is 50.3. The molecule has 0 bridgehead atoms. The molecule has 4 aromatic carbocycles. The van der Waals surface area contributed by atoms with E-state index in [1.807, 2.05) is 91.9 Å². The molecule has 1 amide bonds. The lowest BCUT2D eigenvalue weighted by Crippen LogP contribution is -2.65. The Morgan fingerprint density at radius 2 is 1.51 bits per heavy atom. The topological polar surface area (TPSA) is 187 Å². The lowest BCUT2D eigenvalue weighted by Gasteiger charge is -2.50. The number of nitrogens with zero attached hydrogens (tertiary/aromatic N) is 3. The van der Waals surface area contributed by atoms with Crippen molar-refractivity contribution in [3.63, 3.8) is 0 Å². The van der Waals surface area contributed by atoms with Gasteiger partial charge in [0.2, 0.25) is 0 Å². The van der Waals surface area contributed by atoms with Gasteiger partial charge in [-0.15, -0.1) is 0 Å². The highest BCUT2D eigenvalue weighted by Gasteiger charge is 2.55. The van der Waals surface area contributed by atoms with Crippen molar-refractivity contribution in [3.05, 3.63) is 155 Å². The fraction of sp³-hybridized carbons (Fsp3) is 0.481. The normalized spacial score (nSPS) is 27.3. The van der Waals surface area contributed by atoms with Crippen molar-refractivity contribution in [1.82, 2.24) is 5.32 Å². The van der Waals surface area contributed by atoms with Crippen LogP contribution in [0.5, 0.6) is 0 Å². The third-order valence-corrected chi connectivity index (χ3v) is 19.4. The number of hydrogen-bond acceptors (Lipinski definition) is 13. The van der Waals surface area contributed by atoms with Crippen LogP contribution in [0.25, 0.3) is 21.6 Å². The second kappa shape index (κ2) is 22.9. The highest BCUT2D eigenvalue weighted by atomic mass is 28.4. The molecule has 0 aromatic heterocycles. The first-order valence-electron chi connectivity index (χ1n) is 24.4. The molecular weight excluding hydrogens is 925 g/mol. The molecule has 3 fully saturated rings. The Kier molecular flexibility index (Phi) is 16.7. The fourth-order valence-electron chi connectivity index (χ4n) is 9.75. The zero-order valence-electron chi connectivity index (χ0n) is 41.5. The van der Waals surface area contributed by atoms with E-state index in [-0.39, 0.29) is 49.9 Å². The van der Waals surface area contributed by atoms with Crippen LogP contribution in [0, 0.1) is 11.8 Å². The molecule has 0 radical (unpaired) electrons. The molecule has 17 heteroatoms. The number of amides is 1. The largest absolute Gasteiger partial charge is 0.508 e. The number of azide groups is 1. The summed E-state index contributed by atoms with van der Waals surface area (Å²) in [5.74, 6) is -0.365. The average molecular weight is 991 g/mol. The molecule has 3 saturated heterocycles. The van der Waals surface area contributed by atoms with Crippen molar-refractivity contribution in [2.75, 3.05) is 26.4 Å². The number of carbonyl (C=O) groups excluding carboxylic acids is 2. The lowest BCUT2D eigenvalue weighted by molar-refractivity contribution is -0.341. The van der Waals surface area contributed by atoms with E-state index >= 15 is 0 Å². The monoisotopic (exact) mass is 990 g/mol. The number of hydrogen-bond donors (Lipinski definition) is 1. The third-order valence-electron chi connectivity index (χ3n) is 14.9. The molecule has 8 rings (SSSR count). The second-order valence-corrected chi connectivity index (χ2v) is 24.4. The van der Waals surface area contributed by atoms with Crippen LogP contribution < -0.4 is 5.32 Å². The van der Waals surface area contributed by atoms with E-state index in [1.165, 1.54) is 6.08 Å². The number of fused-ring (bicyclic) bond motifs is 4. The minimum Gasteiger partial charge on any atom is -0.449 e. The van der Waals surface area contributed by atoms with E-state index in [4.69, 9.17) is 47.1 Å². The summed E-state index contributed by atoms with van der Waals surface area (Å²) in [5.41, 5.74) is 16.1. The van der Waals surface area contributed by atoms with E-state index in [9.17, 15) is 15.1 Å². The number of carbonyl (C=O) groups is 2. The molecule has 4 aromatic rings. The Bertz CT molecular complexity index is 2450. The van der Waals surface area contributed by atoms with Gasteiger partial charge in [-0.25, -0.2) is 9.59 Å². The van der Waals surface area contributed by atoms with Crippen molar-refractivity contribution in [2.45, 2.75) is 127 Å². The van der Waals surface area contributed by atoms with Gasteiger partial charge in [0.1, 0.15) is 43.7 Å². The molecule has 71 heavy (non-hydrogen) atoms. The minimum absolute atomic E-state index is 0.0615. The van der Waals surface area contributed by atoms with Gasteiger partial charge in [0.15, 0.2) is 27.2 Å². The van der Waals surface area contributed by atoms with Crippen LogP contribution in [0.1, 0.15) is 69.1 Å². The van der Waals surface area contributed by atoms with E-state index in [1.54, 1.807) is 0 Å². The number of alkyl carbamates (subject to hydrolysis) is 1. The standard InChI is InChI=1S/C54H66N4O12Si/c1-9-28-61-53(60)69-48-45(57-58-55)51(70-71(7,8)54(5,6)33(2)3)67-43(47(48)62-29-35-20-12-10-13-21-35)32-64-50-44(34(4)46-42(66-50)31-63-49(68-46)36-22-14-11-15-23-36)56-52(59)65-30-41-39-26-18-16-24-37(39)38-25-17-19-27-40(38)41/h9-27,33-34,41-51H,1,28-32H2,2-8H3,(H,56,59)/t34-,42?,43?,44?,45?,46+,47-,48-,49?,50-,51+/m1/s1. The average Bonchev–Trinajstić information content (AvgIpc) is 3.69. The first-order chi connectivity index (χ1) is 34.2. The summed E-state index contributed by atoms with van der Waals surface area (Å²) >= 11 is 0. The van der Waals surface area contributed by atoms with Gasteiger partial charge in [-0.2, -0.15) is 0 Å². The SMILES string of the molecule is C=CCOC(=O)O[C@@H]1C(N=[N+]=[N-])[C@H](O[Si](C)(C)C(C)(C)C(C)C)OC(CO[C@@H]2OC3COC(c4ccccc4)O[C@H]3[C@H](C)C2NC(=O)OCC2c3ccccc3-c3ccccc32)[C@H]1OCc1ccccc1. The predicted octanol–water partition coefficient (Wildman–Crippen LogP) is 10.7. The Hall–Kier alpha value is -5.59. The van der Waals surface area contributed by atoms with Gasteiger partial charge < -0.3 is 52.4 Å². The van der Waals surface area contributed by atoms with Crippen LogP contribution in [0.4, 0.5) is 9.59 Å². The van der Waals surface area contributed by atoms with Crippen LogP contribution in [0.2, 0.25) is 18.1 Å². The molecule has 5 unspecified atom stereocenters. The van der Waals surface area contributed by atoms with Crippen molar-refractivity contribution in [1.29, 1.82) is 0 Å². The fourth-order valence-corrected chi connectivity index (χ4v) is 12.2. The van der Waals surface area contributed by atoms with Gasteiger partial charge in [-0.3, -0.25) is 0 Å². The summed E-state index contributed by atoms with van der Waals surface area (Å²) in [7, 11) is -2.76. The van der Waals surface area contributed by atoms with E-state index in [2.05, 4.69) is 87.0 Å². The molecule has 0 spiro atoms. The van der Waals surface area contributed by atoms with Crippen LogP contribution in [-0.4, -0.2) is 102 Å². The van der Waals surface area contributed by atoms with Gasteiger partial charge in [-0.05, 0) is 57.4 Å². The van der Waals surface area contributed by atoms with Crippen molar-refractivity contribution in [3.8, 4) is 11.1 Å². The van der Waals surface area contributed by atoms with Crippen LogP contribution in [-0.2, 0) is 53.7 Å². The Morgan fingerprint density at radius 3 is 2.15 bits per heavy atom. The first-order valence-corrected chi connectivity index (χ1v) is 27.3. The molecule has 4 aliphatic rings. The van der Waals surface area contributed by atoms with E-state index in [0.717, 1.165) is 33.4 Å². The maximum Gasteiger partial charge on any atom is 0.508 e. The maximum absolute atomic E-state index is 14.2. The van der Waals surface area contributed by atoms with Crippen LogP contribution in [0.3, 0.4) is 0 Å². The molecule has 1 aliphatic carbocycles. The molecule has 3 aliphatic heterocycles. The predicted molar refractivity (Wildman–Crippen MR) is 266 cm³/mol. The van der Waals surface area contributed by atoms with Crippen LogP contribution >= 0.6 is 0 Å². The summed E-state index contributed by atoms with van der Waals surface area (Å²) in [5, 5.41) is 6.94. The highest BCUT2D eigenvalue weighted by Crippen LogP contribution is 2.47. The highest BCUT2D eigenvalue weighted by molar-refractivity contribution is 6.74. The Morgan fingerprint density at radius 1 is 0.859 bits per heavy atom. The first kappa shape index (κ1) is 51.8. The lowest BCUT2D eigenvalue weighted by atomic mass is 9.88. The Labute approximate surface area is 416 Å². The Balaban J connectivity index is 1.09. The molecule has 378 valence electrons. The molecule has 16 nitrogen and oxygen atoms in total. The smallest absolute Gasteiger partial charge is 0.449 e. The van der Waals surface area contributed by atoms with E-state index in [0.29, 0.717) is 0 Å². The third kappa shape index (κ3) is 11.5. The van der Waals surface area contributed by atoms with Gasteiger partial charge in [-0.1, -0.05) is 162 Å². The molecule has 11 atom stereocenters. The van der Waals surface area contributed by atoms with Gasteiger partial charge in [0.25, 0.3) is 0 Å². The van der Waals surface area contributed by atoms with Crippen molar-refractivity contribution in [2.24, 2.45) is 17.0 Å². The summed E-state index contributed by atoms with van der Waals surface area (Å²) in [4.78, 5) is 30.7. The zero-order valence-corrected chi connectivity index (χ0v) is 42.5. The molecule has 0 saturated carbocycles. The summed E-state index contributed by atoms with van der Waals surface area (Å²) < 4.78 is 64.2. The second-order valence-electron chi connectivity index (χ2n) is 19.8. The van der Waals surface area contributed by atoms with Crippen LogP contribution in [0.15, 0.2) is 127 Å².